The smallest absolute Gasteiger partial charge is 0.183 e. The van der Waals surface area contributed by atoms with E-state index in [-0.39, 0.29) is 40.1 Å². The van der Waals surface area contributed by atoms with Crippen LogP contribution in [0.4, 0.5) is 0 Å². The van der Waals surface area contributed by atoms with Gasteiger partial charge in [0.05, 0.1) is 10.8 Å². The van der Waals surface area contributed by atoms with Crippen molar-refractivity contribution in [1.29, 1.82) is 0 Å². The number of hydrogen-bond donors (Lipinski definition) is 1. The minimum Gasteiger partial charge on any atom is -0.510 e. The van der Waals surface area contributed by atoms with Crippen LogP contribution in [0.3, 0.4) is 0 Å². The van der Waals surface area contributed by atoms with Crippen molar-refractivity contribution < 1.29 is 19.5 Å². The number of ketones is 3. The number of aliphatic hydroxyl groups is 1. The zero-order chi connectivity index (χ0) is 16.7. The zero-order valence-electron chi connectivity index (χ0n) is 13.9. The van der Waals surface area contributed by atoms with Gasteiger partial charge in [0.1, 0.15) is 11.3 Å². The van der Waals surface area contributed by atoms with Gasteiger partial charge in [-0.15, -0.1) is 0 Å². The SMILES string of the molecule is CC(C)C(=O)C1=C(O)[C@@]23CCC(C)(C)[C@@H]2C[C@@](C)(C1=O)C3=O. The second-order valence-corrected chi connectivity index (χ2v) is 8.45. The van der Waals surface area contributed by atoms with Crippen molar-refractivity contribution >= 4 is 17.3 Å². The molecule has 4 nitrogen and oxygen atoms in total. The summed E-state index contributed by atoms with van der Waals surface area (Å²) in [5.41, 5.74) is -2.37. The summed E-state index contributed by atoms with van der Waals surface area (Å²) >= 11 is 0. The molecule has 0 saturated heterocycles. The first-order valence-corrected chi connectivity index (χ1v) is 8.08. The Bertz CT molecular complexity index is 639. The van der Waals surface area contributed by atoms with Crippen molar-refractivity contribution in [1.82, 2.24) is 0 Å². The van der Waals surface area contributed by atoms with Gasteiger partial charge in [0.15, 0.2) is 17.3 Å². The van der Waals surface area contributed by atoms with E-state index in [0.717, 1.165) is 6.42 Å². The fourth-order valence-corrected chi connectivity index (χ4v) is 4.96. The Morgan fingerprint density at radius 2 is 1.77 bits per heavy atom. The molecule has 0 unspecified atom stereocenters. The number of carbonyl (C=O) groups is 3. The molecule has 0 heterocycles. The van der Waals surface area contributed by atoms with Crippen LogP contribution in [-0.2, 0) is 14.4 Å². The van der Waals surface area contributed by atoms with Crippen LogP contribution < -0.4 is 0 Å². The first kappa shape index (κ1) is 15.4. The molecular formula is C18H24O4. The first-order valence-electron chi connectivity index (χ1n) is 8.08. The van der Waals surface area contributed by atoms with Gasteiger partial charge in [0.25, 0.3) is 0 Å². The van der Waals surface area contributed by atoms with Crippen molar-refractivity contribution in [2.24, 2.45) is 28.1 Å². The number of rotatable bonds is 2. The number of carbonyl (C=O) groups excluding carboxylic acids is 3. The van der Waals surface area contributed by atoms with Crippen molar-refractivity contribution in [2.75, 3.05) is 0 Å². The van der Waals surface area contributed by atoms with Crippen LogP contribution in [0, 0.1) is 28.1 Å². The largest absolute Gasteiger partial charge is 0.510 e. The Kier molecular flexibility index (Phi) is 2.87. The molecule has 1 spiro atoms. The molecule has 0 aromatic heterocycles. The van der Waals surface area contributed by atoms with E-state index in [2.05, 4.69) is 13.8 Å². The van der Waals surface area contributed by atoms with Gasteiger partial charge in [-0.25, -0.2) is 0 Å². The van der Waals surface area contributed by atoms with Gasteiger partial charge in [0, 0.05) is 5.92 Å². The molecule has 0 aromatic carbocycles. The molecule has 0 aromatic rings. The molecular weight excluding hydrogens is 280 g/mol. The van der Waals surface area contributed by atoms with E-state index >= 15 is 0 Å². The summed E-state index contributed by atoms with van der Waals surface area (Å²) in [6, 6.07) is 0. The van der Waals surface area contributed by atoms with Crippen molar-refractivity contribution in [3.05, 3.63) is 11.3 Å². The molecule has 2 saturated carbocycles. The monoisotopic (exact) mass is 304 g/mol. The maximum Gasteiger partial charge on any atom is 0.183 e. The van der Waals surface area contributed by atoms with E-state index < -0.39 is 16.6 Å². The van der Waals surface area contributed by atoms with Crippen LogP contribution in [0.2, 0.25) is 0 Å². The van der Waals surface area contributed by atoms with Gasteiger partial charge in [-0.2, -0.15) is 0 Å². The van der Waals surface area contributed by atoms with Crippen LogP contribution in [0.25, 0.3) is 0 Å². The van der Waals surface area contributed by atoms with E-state index in [1.54, 1.807) is 20.8 Å². The molecule has 2 fully saturated rings. The molecule has 3 atom stereocenters. The summed E-state index contributed by atoms with van der Waals surface area (Å²) in [6.45, 7) is 9.26. The van der Waals surface area contributed by atoms with Crippen LogP contribution in [0.15, 0.2) is 11.3 Å². The number of hydrogen-bond acceptors (Lipinski definition) is 4. The minimum atomic E-state index is -1.14. The Balaban J connectivity index is 2.29. The third-order valence-corrected chi connectivity index (χ3v) is 6.38. The fourth-order valence-electron chi connectivity index (χ4n) is 4.96. The highest BCUT2D eigenvalue weighted by molar-refractivity contribution is 6.32. The summed E-state index contributed by atoms with van der Waals surface area (Å²) < 4.78 is 0. The Labute approximate surface area is 131 Å². The summed E-state index contributed by atoms with van der Waals surface area (Å²) in [5, 5.41) is 10.8. The number of fused-ring (bicyclic) bond motifs is 1. The third kappa shape index (κ3) is 1.46. The van der Waals surface area contributed by atoms with Gasteiger partial charge < -0.3 is 5.11 Å². The molecule has 4 heteroatoms. The number of aliphatic hydroxyl groups excluding tert-OH is 1. The zero-order valence-corrected chi connectivity index (χ0v) is 13.9. The minimum absolute atomic E-state index is 0.0705. The maximum atomic E-state index is 13.0. The molecule has 3 rings (SSSR count). The van der Waals surface area contributed by atoms with Gasteiger partial charge in [-0.3, -0.25) is 14.4 Å². The third-order valence-electron chi connectivity index (χ3n) is 6.38. The van der Waals surface area contributed by atoms with Crippen molar-refractivity contribution in [2.45, 2.75) is 53.9 Å². The Morgan fingerprint density at radius 1 is 1.18 bits per heavy atom. The Morgan fingerprint density at radius 3 is 2.32 bits per heavy atom. The molecule has 3 aliphatic carbocycles. The number of allylic oxidation sites excluding steroid dienone is 2. The quantitative estimate of drug-likeness (QED) is 0.629. The summed E-state index contributed by atoms with van der Waals surface area (Å²) in [7, 11) is 0. The molecule has 1 N–H and O–H groups in total. The fraction of sp³-hybridized carbons (Fsp3) is 0.722. The molecule has 3 aliphatic rings. The first-order chi connectivity index (χ1) is 10.00. The Hall–Kier alpha value is -1.45. The van der Waals surface area contributed by atoms with Crippen LogP contribution in [0.5, 0.6) is 0 Å². The molecule has 2 bridgehead atoms. The molecule has 120 valence electrons. The van der Waals surface area contributed by atoms with E-state index in [1.807, 2.05) is 0 Å². The lowest BCUT2D eigenvalue weighted by atomic mass is 9.65. The second-order valence-electron chi connectivity index (χ2n) is 8.45. The summed E-state index contributed by atoms with van der Waals surface area (Å²) in [4.78, 5) is 38.4. The van der Waals surface area contributed by atoms with Gasteiger partial charge in [0.2, 0.25) is 0 Å². The molecule has 0 aliphatic heterocycles. The number of Topliss-reactive ketones (excluding diaryl/α,β-unsaturated/α-hetero) is 3. The van der Waals surface area contributed by atoms with Gasteiger partial charge in [-0.05, 0) is 37.5 Å². The maximum absolute atomic E-state index is 13.0. The predicted octanol–water partition coefficient (Wildman–Crippen LogP) is 3.01. The van der Waals surface area contributed by atoms with Crippen LogP contribution in [-0.4, -0.2) is 22.5 Å². The summed E-state index contributed by atoms with van der Waals surface area (Å²) in [5.74, 6) is -1.65. The van der Waals surface area contributed by atoms with E-state index in [9.17, 15) is 19.5 Å². The second kappa shape index (κ2) is 4.09. The van der Waals surface area contributed by atoms with Crippen molar-refractivity contribution in [3.63, 3.8) is 0 Å². The topological polar surface area (TPSA) is 71.4 Å². The predicted molar refractivity (Wildman–Crippen MR) is 81.2 cm³/mol. The van der Waals surface area contributed by atoms with E-state index in [1.165, 1.54) is 0 Å². The van der Waals surface area contributed by atoms with E-state index in [0.29, 0.717) is 12.8 Å². The highest BCUT2D eigenvalue weighted by atomic mass is 16.3. The van der Waals surface area contributed by atoms with Crippen LogP contribution >= 0.6 is 0 Å². The van der Waals surface area contributed by atoms with E-state index in [4.69, 9.17) is 0 Å². The summed E-state index contributed by atoms with van der Waals surface area (Å²) in [6.07, 6.45) is 1.80. The highest BCUT2D eigenvalue weighted by Gasteiger charge is 2.74. The van der Waals surface area contributed by atoms with Gasteiger partial charge in [-0.1, -0.05) is 27.7 Å². The lowest BCUT2D eigenvalue weighted by molar-refractivity contribution is -0.142. The normalized spacial score (nSPS) is 39.6. The molecule has 0 amide bonds. The standard InChI is InChI=1S/C18H24O4/c1-9(2)12(19)11-13(20)17(5)8-10-16(3,4)6-7-18(10,14(11)21)15(17)22/h9-10,21H,6-8H2,1-5H3/t10-,17-,18+/m0/s1. The highest BCUT2D eigenvalue weighted by Crippen LogP contribution is 2.70. The van der Waals surface area contributed by atoms with Gasteiger partial charge >= 0.3 is 0 Å². The van der Waals surface area contributed by atoms with Crippen molar-refractivity contribution in [3.8, 4) is 0 Å². The lowest BCUT2D eigenvalue weighted by Gasteiger charge is -2.36. The molecule has 0 radical (unpaired) electrons. The van der Waals surface area contributed by atoms with Crippen LogP contribution in [0.1, 0.15) is 53.9 Å². The average Bonchev–Trinajstić information content (AvgIpc) is 2.80. The average molecular weight is 304 g/mol. The molecule has 22 heavy (non-hydrogen) atoms. The lowest BCUT2D eigenvalue weighted by Crippen LogP contribution is -2.48.